The summed E-state index contributed by atoms with van der Waals surface area (Å²) in [6.45, 7) is -0.451. The standard InChI is InChI=1S/C17H31N7O10P2/c18-5-1-3-10(19)4-2-6-31-36(30,34-35(27,28)29)32-7-11-13(25)14(26)17(33-11)24-9-23-12-15(20)21-8-22-16(12)24/h8-11,13-14,17,25-26H,1-7,18-19H2,(H2,20,21,22)(H2,27,28,29)/t10?,11-,13?,14?,17-,36?/m1/s1. The fourth-order valence-electron chi connectivity index (χ4n) is 3.58. The predicted octanol–water partition coefficient (Wildman–Crippen LogP) is -0.875. The molecular weight excluding hydrogens is 524 g/mol. The molecule has 1 aliphatic heterocycles. The maximum absolute atomic E-state index is 12.9. The summed E-state index contributed by atoms with van der Waals surface area (Å²) in [5.41, 5.74) is 17.6. The summed E-state index contributed by atoms with van der Waals surface area (Å²) in [5.74, 6) is 0.0969. The maximum Gasteiger partial charge on any atom is 0.483 e. The number of phosphoric acid groups is 2. The van der Waals surface area contributed by atoms with Crippen LogP contribution in [-0.2, 0) is 27.2 Å². The highest BCUT2D eigenvalue weighted by molar-refractivity contribution is 7.61. The van der Waals surface area contributed by atoms with E-state index in [4.69, 9.17) is 40.8 Å². The Morgan fingerprint density at radius 3 is 2.53 bits per heavy atom. The Balaban J connectivity index is 1.63. The topological polar surface area (TPSA) is 274 Å². The molecule has 2 aromatic rings. The van der Waals surface area contributed by atoms with Gasteiger partial charge in [0.1, 0.15) is 30.2 Å². The van der Waals surface area contributed by atoms with Crippen molar-refractivity contribution in [2.45, 2.75) is 56.3 Å². The third kappa shape index (κ3) is 7.47. The lowest BCUT2D eigenvalue weighted by molar-refractivity contribution is -0.0513. The van der Waals surface area contributed by atoms with Gasteiger partial charge in [-0.1, -0.05) is 0 Å². The normalized spacial score (nSPS) is 25.3. The summed E-state index contributed by atoms with van der Waals surface area (Å²) >= 11 is 0. The minimum Gasteiger partial charge on any atom is -0.387 e. The van der Waals surface area contributed by atoms with E-state index >= 15 is 0 Å². The number of fused-ring (bicyclic) bond motifs is 1. The molecule has 0 saturated carbocycles. The molecule has 0 amide bonds. The summed E-state index contributed by atoms with van der Waals surface area (Å²) in [4.78, 5) is 30.2. The Morgan fingerprint density at radius 1 is 1.11 bits per heavy atom. The van der Waals surface area contributed by atoms with E-state index in [1.54, 1.807) is 0 Å². The number of rotatable bonds is 14. The predicted molar refractivity (Wildman–Crippen MR) is 124 cm³/mol. The molecule has 0 radical (unpaired) electrons. The molecule has 17 nitrogen and oxygen atoms in total. The van der Waals surface area contributed by atoms with Crippen LogP contribution in [0, 0.1) is 0 Å². The molecule has 36 heavy (non-hydrogen) atoms. The average molecular weight is 555 g/mol. The van der Waals surface area contributed by atoms with E-state index in [0.29, 0.717) is 25.8 Å². The van der Waals surface area contributed by atoms with Crippen molar-refractivity contribution in [3.8, 4) is 0 Å². The van der Waals surface area contributed by atoms with Crippen molar-refractivity contribution in [3.63, 3.8) is 0 Å². The van der Waals surface area contributed by atoms with Crippen LogP contribution in [0.5, 0.6) is 0 Å². The van der Waals surface area contributed by atoms with Gasteiger partial charge in [-0.3, -0.25) is 13.6 Å². The van der Waals surface area contributed by atoms with Crippen LogP contribution in [0.2, 0.25) is 0 Å². The molecular formula is C17H31N7O10P2. The number of aliphatic hydroxyl groups excluding tert-OH is 2. The van der Waals surface area contributed by atoms with Gasteiger partial charge in [-0.05, 0) is 32.2 Å². The molecule has 0 aliphatic carbocycles. The molecule has 0 aromatic carbocycles. The van der Waals surface area contributed by atoms with Gasteiger partial charge < -0.3 is 41.9 Å². The summed E-state index contributed by atoms with van der Waals surface area (Å²) in [7, 11) is -10.1. The first-order chi connectivity index (χ1) is 16.9. The van der Waals surface area contributed by atoms with E-state index in [1.807, 2.05) is 0 Å². The van der Waals surface area contributed by atoms with Gasteiger partial charge in [0.05, 0.1) is 19.5 Å². The first-order valence-electron chi connectivity index (χ1n) is 11.0. The van der Waals surface area contributed by atoms with Gasteiger partial charge in [0.15, 0.2) is 17.7 Å². The summed E-state index contributed by atoms with van der Waals surface area (Å²) in [5, 5.41) is 20.9. The second kappa shape index (κ2) is 12.3. The second-order valence-electron chi connectivity index (χ2n) is 8.11. The number of nitrogens with zero attached hydrogens (tertiary/aromatic N) is 4. The minimum absolute atomic E-state index is 0.0969. The van der Waals surface area contributed by atoms with Crippen molar-refractivity contribution >= 4 is 32.6 Å². The number of aliphatic hydroxyl groups is 2. The SMILES string of the molecule is NCCCC(N)CCCOP(=O)(OC[C@H]1O[C@@H](n2cnc3c(N)ncnc32)C(O)C1O)OP(=O)(O)O. The summed E-state index contributed by atoms with van der Waals surface area (Å²) in [6.07, 6.45) is -0.872. The molecule has 6 atom stereocenters. The zero-order valence-electron chi connectivity index (χ0n) is 19.1. The van der Waals surface area contributed by atoms with Crippen LogP contribution in [0.1, 0.15) is 31.9 Å². The lowest BCUT2D eigenvalue weighted by atomic mass is 10.1. The van der Waals surface area contributed by atoms with Gasteiger partial charge in [0.25, 0.3) is 0 Å². The molecule has 10 N–H and O–H groups in total. The van der Waals surface area contributed by atoms with Crippen molar-refractivity contribution in [2.75, 3.05) is 25.5 Å². The zero-order chi connectivity index (χ0) is 26.5. The van der Waals surface area contributed by atoms with Gasteiger partial charge in [-0.2, -0.15) is 4.31 Å². The van der Waals surface area contributed by atoms with Crippen molar-refractivity contribution in [3.05, 3.63) is 12.7 Å². The molecule has 3 heterocycles. The van der Waals surface area contributed by atoms with E-state index in [9.17, 15) is 19.3 Å². The third-order valence-electron chi connectivity index (χ3n) is 5.35. The van der Waals surface area contributed by atoms with E-state index in [1.165, 1.54) is 17.2 Å². The number of anilines is 1. The van der Waals surface area contributed by atoms with Crippen LogP contribution in [0.25, 0.3) is 11.2 Å². The minimum atomic E-state index is -5.29. The Bertz CT molecular complexity index is 1100. The number of aromatic nitrogens is 4. The Morgan fingerprint density at radius 2 is 1.83 bits per heavy atom. The van der Waals surface area contributed by atoms with Gasteiger partial charge in [0.2, 0.25) is 0 Å². The molecule has 0 spiro atoms. The molecule has 2 aromatic heterocycles. The third-order valence-corrected chi connectivity index (χ3v) is 7.96. The van der Waals surface area contributed by atoms with Gasteiger partial charge in [-0.15, -0.1) is 0 Å². The van der Waals surface area contributed by atoms with Crippen molar-refractivity contribution in [2.24, 2.45) is 11.5 Å². The average Bonchev–Trinajstić information content (AvgIpc) is 3.35. The van der Waals surface area contributed by atoms with Gasteiger partial charge >= 0.3 is 15.6 Å². The van der Waals surface area contributed by atoms with Gasteiger partial charge in [-0.25, -0.2) is 24.1 Å². The van der Waals surface area contributed by atoms with Crippen LogP contribution < -0.4 is 17.2 Å². The number of nitrogens with two attached hydrogens (primary N) is 3. The molecule has 1 fully saturated rings. The van der Waals surface area contributed by atoms with Crippen LogP contribution in [0.4, 0.5) is 5.82 Å². The quantitative estimate of drug-likeness (QED) is 0.110. The van der Waals surface area contributed by atoms with Crippen molar-refractivity contribution in [1.82, 2.24) is 19.5 Å². The largest absolute Gasteiger partial charge is 0.483 e. The van der Waals surface area contributed by atoms with E-state index in [0.717, 1.165) is 6.42 Å². The maximum atomic E-state index is 12.9. The first kappa shape index (κ1) is 29.0. The molecule has 1 aliphatic rings. The van der Waals surface area contributed by atoms with Crippen LogP contribution >= 0.6 is 15.6 Å². The van der Waals surface area contributed by atoms with Crippen LogP contribution in [0.3, 0.4) is 0 Å². The molecule has 19 heteroatoms. The van der Waals surface area contributed by atoms with Crippen molar-refractivity contribution in [1.29, 1.82) is 0 Å². The molecule has 3 rings (SSSR count). The zero-order valence-corrected chi connectivity index (χ0v) is 20.9. The smallest absolute Gasteiger partial charge is 0.387 e. The first-order valence-corrected chi connectivity index (χ1v) is 14.0. The number of hydrogen-bond donors (Lipinski definition) is 7. The van der Waals surface area contributed by atoms with E-state index in [-0.39, 0.29) is 29.6 Å². The fourth-order valence-corrected chi connectivity index (χ4v) is 5.75. The molecule has 4 unspecified atom stereocenters. The summed E-state index contributed by atoms with van der Waals surface area (Å²) < 4.78 is 45.5. The molecule has 204 valence electrons. The van der Waals surface area contributed by atoms with Crippen molar-refractivity contribution < 1.29 is 47.2 Å². The Hall–Kier alpha value is -1.59. The number of imidazole rings is 1. The monoisotopic (exact) mass is 555 g/mol. The number of ether oxygens (including phenoxy) is 1. The van der Waals surface area contributed by atoms with Crippen LogP contribution in [-0.4, -0.2) is 83.6 Å². The van der Waals surface area contributed by atoms with E-state index in [2.05, 4.69) is 19.3 Å². The fraction of sp³-hybridized carbons (Fsp3) is 0.706. The number of nitrogen functional groups attached to an aromatic ring is 1. The van der Waals surface area contributed by atoms with Crippen LogP contribution in [0.15, 0.2) is 12.7 Å². The Labute approximate surface area is 205 Å². The highest BCUT2D eigenvalue weighted by Crippen LogP contribution is 2.61. The van der Waals surface area contributed by atoms with E-state index < -0.39 is 46.8 Å². The molecule has 1 saturated heterocycles. The highest BCUT2D eigenvalue weighted by Gasteiger charge is 2.46. The Kier molecular flexibility index (Phi) is 9.90. The highest BCUT2D eigenvalue weighted by atomic mass is 31.3. The van der Waals surface area contributed by atoms with Gasteiger partial charge in [0, 0.05) is 6.04 Å². The number of hydrogen-bond acceptors (Lipinski definition) is 14. The lowest BCUT2D eigenvalue weighted by Gasteiger charge is -2.21. The summed E-state index contributed by atoms with van der Waals surface area (Å²) in [6, 6.07) is -0.180. The molecule has 0 bridgehead atoms. The lowest BCUT2D eigenvalue weighted by Crippen LogP contribution is -2.33. The number of phosphoric ester groups is 1. The second-order valence-corrected chi connectivity index (χ2v) is 11.2.